The average molecular weight is 183 g/mol. The molecule has 0 fully saturated rings. The topological polar surface area (TPSA) is 36.1 Å². The Morgan fingerprint density at radius 2 is 2.50 bits per heavy atom. The number of aromatic nitrogens is 1. The van der Waals surface area contributed by atoms with E-state index in [1.54, 1.807) is 30.9 Å². The van der Waals surface area contributed by atoms with Crippen molar-refractivity contribution in [2.75, 3.05) is 7.05 Å². The van der Waals surface area contributed by atoms with E-state index in [9.17, 15) is 0 Å². The zero-order chi connectivity index (χ0) is 8.97. The zero-order valence-electron chi connectivity index (χ0n) is 6.73. The third-order valence-electron chi connectivity index (χ3n) is 1.50. The predicted octanol–water partition coefficient (Wildman–Crippen LogP) is 0.659. The molecule has 0 radical (unpaired) electrons. The summed E-state index contributed by atoms with van der Waals surface area (Å²) in [6.45, 7) is 0. The standard InChI is InChI=1S/C8H10N2OS/c1-9-8(6-12)7-3-2-4-10(11)5-7/h2-6,9H,1H3,(H-,11,12)/p+1/b8-6-. The van der Waals surface area contributed by atoms with Crippen molar-refractivity contribution < 1.29 is 9.94 Å². The summed E-state index contributed by atoms with van der Waals surface area (Å²) in [5, 5.41) is 13.7. The Morgan fingerprint density at radius 3 is 3.00 bits per heavy atom. The number of nitrogens with zero attached hydrogens (tertiary/aromatic N) is 1. The minimum absolute atomic E-state index is 0.863. The van der Waals surface area contributed by atoms with Crippen LogP contribution >= 0.6 is 12.6 Å². The van der Waals surface area contributed by atoms with E-state index in [0.29, 0.717) is 0 Å². The van der Waals surface area contributed by atoms with Gasteiger partial charge in [0.1, 0.15) is 0 Å². The number of hydrogen-bond donors (Lipinski definition) is 3. The molecule has 1 heterocycles. The van der Waals surface area contributed by atoms with Gasteiger partial charge >= 0.3 is 0 Å². The van der Waals surface area contributed by atoms with Gasteiger partial charge in [-0.25, -0.2) is 0 Å². The molecule has 2 N–H and O–H groups in total. The lowest BCUT2D eigenvalue weighted by atomic mass is 10.2. The maximum Gasteiger partial charge on any atom is 0.231 e. The second-order valence-electron chi connectivity index (χ2n) is 2.27. The molecule has 12 heavy (non-hydrogen) atoms. The third-order valence-corrected chi connectivity index (χ3v) is 1.75. The highest BCUT2D eigenvalue weighted by atomic mass is 32.1. The van der Waals surface area contributed by atoms with Crippen molar-refractivity contribution in [3.8, 4) is 0 Å². The van der Waals surface area contributed by atoms with Gasteiger partial charge in [0.15, 0.2) is 0 Å². The highest BCUT2D eigenvalue weighted by molar-refractivity contribution is 7.83. The zero-order valence-corrected chi connectivity index (χ0v) is 7.62. The molecule has 64 valence electrons. The summed E-state index contributed by atoms with van der Waals surface area (Å²) in [6.07, 6.45) is 3.15. The maximum absolute atomic E-state index is 9.09. The fourth-order valence-corrected chi connectivity index (χ4v) is 1.18. The van der Waals surface area contributed by atoms with E-state index >= 15 is 0 Å². The first kappa shape index (κ1) is 8.93. The Labute approximate surface area is 76.7 Å². The molecule has 0 aliphatic rings. The maximum atomic E-state index is 9.09. The molecule has 1 aromatic rings. The second kappa shape index (κ2) is 4.01. The fraction of sp³-hybridized carbons (Fsp3) is 0.125. The van der Waals surface area contributed by atoms with Gasteiger partial charge in [-0.2, -0.15) is 0 Å². The number of pyridine rings is 1. The van der Waals surface area contributed by atoms with Gasteiger partial charge in [0.05, 0.1) is 11.3 Å². The Hall–Kier alpha value is -1.16. The normalized spacial score (nSPS) is 11.3. The summed E-state index contributed by atoms with van der Waals surface area (Å²) in [7, 11) is 1.80. The molecule has 0 aliphatic carbocycles. The van der Waals surface area contributed by atoms with Gasteiger partial charge in [-0.15, -0.1) is 12.6 Å². The molecule has 1 rings (SSSR count). The molecule has 4 heteroatoms. The highest BCUT2D eigenvalue weighted by Crippen LogP contribution is 2.08. The molecule has 0 spiro atoms. The van der Waals surface area contributed by atoms with Crippen molar-refractivity contribution in [3.05, 3.63) is 35.5 Å². The van der Waals surface area contributed by atoms with Gasteiger partial charge in [0, 0.05) is 17.8 Å². The van der Waals surface area contributed by atoms with E-state index in [4.69, 9.17) is 5.21 Å². The van der Waals surface area contributed by atoms with E-state index in [2.05, 4.69) is 17.9 Å². The third kappa shape index (κ3) is 1.92. The first-order valence-electron chi connectivity index (χ1n) is 3.51. The molecule has 0 aliphatic heterocycles. The van der Waals surface area contributed by atoms with Gasteiger partial charge in [-0.05, 0) is 11.5 Å². The second-order valence-corrected chi connectivity index (χ2v) is 2.52. The van der Waals surface area contributed by atoms with Crippen molar-refractivity contribution >= 4 is 18.3 Å². The minimum Gasteiger partial charge on any atom is -0.387 e. The molecule has 0 atom stereocenters. The number of rotatable bonds is 2. The Kier molecular flexibility index (Phi) is 2.99. The van der Waals surface area contributed by atoms with Gasteiger partial charge in [-0.1, -0.05) is 0 Å². The lowest BCUT2D eigenvalue weighted by Crippen LogP contribution is -2.29. The van der Waals surface area contributed by atoms with Gasteiger partial charge < -0.3 is 5.32 Å². The summed E-state index contributed by atoms with van der Waals surface area (Å²) < 4.78 is 1.00. The highest BCUT2D eigenvalue weighted by Gasteiger charge is 2.03. The van der Waals surface area contributed by atoms with E-state index in [1.807, 2.05) is 6.07 Å². The molecule has 0 amide bonds. The van der Waals surface area contributed by atoms with E-state index in [-0.39, 0.29) is 0 Å². The van der Waals surface area contributed by atoms with Crippen LogP contribution < -0.4 is 10.0 Å². The predicted molar refractivity (Wildman–Crippen MR) is 49.8 cm³/mol. The molecular formula is C8H11N2OS+. The molecule has 1 aromatic heterocycles. The number of hydrogen-bond acceptors (Lipinski definition) is 3. The van der Waals surface area contributed by atoms with Crippen LogP contribution in [0.15, 0.2) is 29.9 Å². The van der Waals surface area contributed by atoms with Crippen LogP contribution in [0.25, 0.3) is 5.70 Å². The Balaban J connectivity index is 3.02. The number of nitrogens with one attached hydrogen (secondary N) is 1. The van der Waals surface area contributed by atoms with Crippen molar-refractivity contribution in [2.45, 2.75) is 0 Å². The lowest BCUT2D eigenvalue weighted by Gasteiger charge is -2.01. The first-order valence-corrected chi connectivity index (χ1v) is 4.02. The molecule has 3 nitrogen and oxygen atoms in total. The lowest BCUT2D eigenvalue weighted by molar-refractivity contribution is -0.904. The summed E-state index contributed by atoms with van der Waals surface area (Å²) in [4.78, 5) is 0. The summed E-state index contributed by atoms with van der Waals surface area (Å²) >= 11 is 4.03. The van der Waals surface area contributed by atoms with Crippen LogP contribution in [0.3, 0.4) is 0 Å². The van der Waals surface area contributed by atoms with Crippen LogP contribution in [0, 0.1) is 0 Å². The quantitative estimate of drug-likeness (QED) is 0.358. The van der Waals surface area contributed by atoms with Crippen LogP contribution in [0.4, 0.5) is 0 Å². The molecule has 0 saturated heterocycles. The van der Waals surface area contributed by atoms with Crippen molar-refractivity contribution in [3.63, 3.8) is 0 Å². The van der Waals surface area contributed by atoms with Gasteiger partial charge in [0.2, 0.25) is 12.4 Å². The largest absolute Gasteiger partial charge is 0.387 e. The van der Waals surface area contributed by atoms with E-state index in [1.165, 1.54) is 0 Å². The number of thiol groups is 1. The molecule has 0 unspecified atom stereocenters. The van der Waals surface area contributed by atoms with E-state index < -0.39 is 0 Å². The summed E-state index contributed by atoms with van der Waals surface area (Å²) in [6, 6.07) is 3.63. The first-order chi connectivity index (χ1) is 5.77. The van der Waals surface area contributed by atoms with Crippen LogP contribution in [-0.2, 0) is 0 Å². The smallest absolute Gasteiger partial charge is 0.231 e. The Bertz CT molecular complexity index is 299. The molecule has 0 aromatic carbocycles. The van der Waals surface area contributed by atoms with Gasteiger partial charge in [-0.3, -0.25) is 5.21 Å². The van der Waals surface area contributed by atoms with E-state index in [0.717, 1.165) is 16.0 Å². The Morgan fingerprint density at radius 1 is 1.75 bits per heavy atom. The molecule has 0 saturated carbocycles. The average Bonchev–Trinajstić information content (AvgIpc) is 2.07. The molecule has 0 bridgehead atoms. The van der Waals surface area contributed by atoms with Crippen molar-refractivity contribution in [1.29, 1.82) is 0 Å². The van der Waals surface area contributed by atoms with Crippen LogP contribution in [-0.4, -0.2) is 12.3 Å². The molecular weight excluding hydrogens is 172 g/mol. The summed E-state index contributed by atoms with van der Waals surface area (Å²) in [5.41, 5.74) is 1.75. The fourth-order valence-electron chi connectivity index (χ4n) is 0.906. The van der Waals surface area contributed by atoms with Crippen LogP contribution in [0.5, 0.6) is 0 Å². The van der Waals surface area contributed by atoms with Gasteiger partial charge in [0.25, 0.3) is 0 Å². The monoisotopic (exact) mass is 183 g/mol. The van der Waals surface area contributed by atoms with Crippen molar-refractivity contribution in [2.24, 2.45) is 0 Å². The SMILES string of the molecule is CN/C(=C\S)c1ccc[n+](O)c1. The minimum atomic E-state index is 0.863. The van der Waals surface area contributed by atoms with Crippen LogP contribution in [0.2, 0.25) is 0 Å². The van der Waals surface area contributed by atoms with Crippen molar-refractivity contribution in [1.82, 2.24) is 5.32 Å². The van der Waals surface area contributed by atoms with Crippen LogP contribution in [0.1, 0.15) is 5.56 Å². The summed E-state index contributed by atoms with van der Waals surface area (Å²) in [5.74, 6) is 0.